The molecule has 1 N–H and O–H groups in total. The molecule has 1 saturated heterocycles. The molecule has 1 aliphatic heterocycles. The van der Waals surface area contributed by atoms with Gasteiger partial charge in [0.1, 0.15) is 10.7 Å². The topological polar surface area (TPSA) is 67.1 Å². The summed E-state index contributed by atoms with van der Waals surface area (Å²) in [6, 6.07) is 8.34. The molecule has 0 saturated carbocycles. The standard InChI is InChI=1S/C17H21N5OS/c23-12-14-10-22(20-19-14)9-13-5-7-21(8-6-13)11-17-18-15-3-1-2-4-16(15)24-17/h1-4,10,13,23H,5-9,11-12H2. The van der Waals surface area contributed by atoms with Crippen molar-refractivity contribution in [3.05, 3.63) is 41.2 Å². The summed E-state index contributed by atoms with van der Waals surface area (Å²) in [7, 11) is 0. The van der Waals surface area contributed by atoms with Crippen LogP contribution in [0, 0.1) is 5.92 Å². The first-order valence-electron chi connectivity index (χ1n) is 8.37. The van der Waals surface area contributed by atoms with Gasteiger partial charge in [0.25, 0.3) is 0 Å². The largest absolute Gasteiger partial charge is 0.390 e. The third-order valence-electron chi connectivity index (χ3n) is 4.60. The molecule has 3 aromatic rings. The van der Waals surface area contributed by atoms with Gasteiger partial charge in [0.15, 0.2) is 0 Å². The third kappa shape index (κ3) is 3.48. The Labute approximate surface area is 144 Å². The Morgan fingerprint density at radius 2 is 2.04 bits per heavy atom. The Morgan fingerprint density at radius 1 is 1.21 bits per heavy atom. The number of aliphatic hydroxyl groups is 1. The Balaban J connectivity index is 1.31. The fraction of sp³-hybridized carbons (Fsp3) is 0.471. The minimum absolute atomic E-state index is 0.0411. The third-order valence-corrected chi connectivity index (χ3v) is 5.62. The summed E-state index contributed by atoms with van der Waals surface area (Å²) < 4.78 is 3.13. The van der Waals surface area contributed by atoms with E-state index >= 15 is 0 Å². The first kappa shape index (κ1) is 15.7. The molecule has 0 amide bonds. The van der Waals surface area contributed by atoms with Crippen LogP contribution >= 0.6 is 11.3 Å². The highest BCUT2D eigenvalue weighted by atomic mass is 32.1. The number of likely N-dealkylation sites (tertiary alicyclic amines) is 1. The number of rotatable bonds is 5. The van der Waals surface area contributed by atoms with Crippen LogP contribution in [0.5, 0.6) is 0 Å². The lowest BCUT2D eigenvalue weighted by Crippen LogP contribution is -2.34. The molecule has 4 rings (SSSR count). The fourth-order valence-electron chi connectivity index (χ4n) is 3.27. The zero-order valence-corrected chi connectivity index (χ0v) is 14.3. The zero-order valence-electron chi connectivity index (χ0n) is 13.5. The van der Waals surface area contributed by atoms with Crippen molar-refractivity contribution in [1.29, 1.82) is 0 Å². The maximum absolute atomic E-state index is 9.06. The van der Waals surface area contributed by atoms with E-state index in [0.717, 1.165) is 31.7 Å². The SMILES string of the molecule is OCc1cn(CC2CCN(Cc3nc4ccccc4s3)CC2)nn1. The van der Waals surface area contributed by atoms with Crippen LogP contribution in [0.1, 0.15) is 23.5 Å². The monoisotopic (exact) mass is 343 g/mol. The van der Waals surface area contributed by atoms with Gasteiger partial charge in [0.05, 0.1) is 29.6 Å². The molecule has 2 aromatic heterocycles. The molecule has 0 aliphatic carbocycles. The molecular formula is C17H21N5OS. The number of aliphatic hydroxyl groups excluding tert-OH is 1. The predicted molar refractivity (Wildman–Crippen MR) is 93.6 cm³/mol. The smallest absolute Gasteiger partial charge is 0.108 e. The van der Waals surface area contributed by atoms with Crippen LogP contribution in [0.15, 0.2) is 30.5 Å². The Kier molecular flexibility index (Phi) is 4.55. The molecule has 0 radical (unpaired) electrons. The molecule has 3 heterocycles. The highest BCUT2D eigenvalue weighted by molar-refractivity contribution is 7.18. The predicted octanol–water partition coefficient (Wildman–Crippen LogP) is 2.29. The van der Waals surface area contributed by atoms with E-state index in [1.165, 1.54) is 22.5 Å². The molecule has 1 aromatic carbocycles. The quantitative estimate of drug-likeness (QED) is 0.770. The second-order valence-electron chi connectivity index (χ2n) is 6.38. The van der Waals surface area contributed by atoms with Crippen molar-refractivity contribution in [2.75, 3.05) is 13.1 Å². The van der Waals surface area contributed by atoms with E-state index in [0.29, 0.717) is 11.6 Å². The molecule has 0 atom stereocenters. The maximum atomic E-state index is 9.06. The first-order chi connectivity index (χ1) is 11.8. The van der Waals surface area contributed by atoms with Gasteiger partial charge in [-0.15, -0.1) is 16.4 Å². The first-order valence-corrected chi connectivity index (χ1v) is 9.18. The maximum Gasteiger partial charge on any atom is 0.108 e. The van der Waals surface area contributed by atoms with Gasteiger partial charge in [-0.1, -0.05) is 17.3 Å². The number of benzene rings is 1. The minimum atomic E-state index is -0.0411. The Hall–Kier alpha value is -1.83. The van der Waals surface area contributed by atoms with Gasteiger partial charge in [0.2, 0.25) is 0 Å². The van der Waals surface area contributed by atoms with Crippen LogP contribution in [-0.4, -0.2) is 43.1 Å². The average Bonchev–Trinajstić information content (AvgIpc) is 3.22. The lowest BCUT2D eigenvalue weighted by molar-refractivity contribution is 0.164. The molecule has 7 heteroatoms. The molecular weight excluding hydrogens is 322 g/mol. The van der Waals surface area contributed by atoms with E-state index in [1.54, 1.807) is 11.3 Å². The molecule has 1 aliphatic rings. The van der Waals surface area contributed by atoms with E-state index in [-0.39, 0.29) is 6.61 Å². The van der Waals surface area contributed by atoms with Crippen molar-refractivity contribution >= 4 is 21.6 Å². The van der Waals surface area contributed by atoms with Crippen molar-refractivity contribution in [3.8, 4) is 0 Å². The summed E-state index contributed by atoms with van der Waals surface area (Å²) in [5, 5.41) is 18.3. The van der Waals surface area contributed by atoms with Gasteiger partial charge in [-0.25, -0.2) is 4.98 Å². The van der Waals surface area contributed by atoms with Crippen LogP contribution in [0.4, 0.5) is 0 Å². The van der Waals surface area contributed by atoms with Gasteiger partial charge in [-0.05, 0) is 44.0 Å². The summed E-state index contributed by atoms with van der Waals surface area (Å²) in [5.74, 6) is 0.629. The van der Waals surface area contributed by atoms with Crippen molar-refractivity contribution in [2.45, 2.75) is 32.5 Å². The summed E-state index contributed by atoms with van der Waals surface area (Å²) in [6.45, 7) is 4.00. The van der Waals surface area contributed by atoms with Gasteiger partial charge >= 0.3 is 0 Å². The van der Waals surface area contributed by atoms with Crippen LogP contribution in [0.3, 0.4) is 0 Å². The number of piperidine rings is 1. The Bertz CT molecular complexity index is 773. The normalized spacial score (nSPS) is 16.9. The molecule has 24 heavy (non-hydrogen) atoms. The van der Waals surface area contributed by atoms with Crippen molar-refractivity contribution in [2.24, 2.45) is 5.92 Å². The lowest BCUT2D eigenvalue weighted by atomic mass is 9.97. The van der Waals surface area contributed by atoms with Gasteiger partial charge in [-0.3, -0.25) is 9.58 Å². The number of hydrogen-bond donors (Lipinski definition) is 1. The van der Waals surface area contributed by atoms with Crippen LogP contribution in [0.2, 0.25) is 0 Å². The van der Waals surface area contributed by atoms with Crippen molar-refractivity contribution < 1.29 is 5.11 Å². The molecule has 126 valence electrons. The van der Waals surface area contributed by atoms with Crippen molar-refractivity contribution in [3.63, 3.8) is 0 Å². The lowest BCUT2D eigenvalue weighted by Gasteiger charge is -2.31. The van der Waals surface area contributed by atoms with Crippen LogP contribution < -0.4 is 0 Å². The number of aromatic nitrogens is 4. The van der Waals surface area contributed by atoms with E-state index in [9.17, 15) is 0 Å². The minimum Gasteiger partial charge on any atom is -0.390 e. The van der Waals surface area contributed by atoms with E-state index < -0.39 is 0 Å². The summed E-state index contributed by atoms with van der Waals surface area (Å²) in [6.07, 6.45) is 4.17. The van der Waals surface area contributed by atoms with Gasteiger partial charge in [-0.2, -0.15) is 0 Å². The van der Waals surface area contributed by atoms with Gasteiger partial charge in [0, 0.05) is 6.54 Å². The Morgan fingerprint density at radius 3 is 2.79 bits per heavy atom. The van der Waals surface area contributed by atoms with E-state index in [4.69, 9.17) is 10.1 Å². The average molecular weight is 343 g/mol. The van der Waals surface area contributed by atoms with Crippen LogP contribution in [-0.2, 0) is 19.7 Å². The molecule has 0 bridgehead atoms. The summed E-state index contributed by atoms with van der Waals surface area (Å²) in [5.41, 5.74) is 1.75. The van der Waals surface area contributed by atoms with E-state index in [1.807, 2.05) is 16.9 Å². The van der Waals surface area contributed by atoms with Crippen molar-refractivity contribution in [1.82, 2.24) is 24.9 Å². The fourth-order valence-corrected chi connectivity index (χ4v) is 4.28. The number of hydrogen-bond acceptors (Lipinski definition) is 6. The summed E-state index contributed by atoms with van der Waals surface area (Å²) in [4.78, 5) is 7.23. The number of fused-ring (bicyclic) bond motifs is 1. The highest BCUT2D eigenvalue weighted by Gasteiger charge is 2.21. The second-order valence-corrected chi connectivity index (χ2v) is 7.50. The van der Waals surface area contributed by atoms with Gasteiger partial charge < -0.3 is 5.11 Å². The molecule has 1 fully saturated rings. The number of para-hydroxylation sites is 1. The second kappa shape index (κ2) is 6.96. The summed E-state index contributed by atoms with van der Waals surface area (Å²) >= 11 is 1.80. The zero-order chi connectivity index (χ0) is 16.4. The number of nitrogens with zero attached hydrogens (tertiary/aromatic N) is 5. The van der Waals surface area contributed by atoms with Crippen LogP contribution in [0.25, 0.3) is 10.2 Å². The molecule has 0 spiro atoms. The highest BCUT2D eigenvalue weighted by Crippen LogP contribution is 2.25. The molecule has 6 nitrogen and oxygen atoms in total. The van der Waals surface area contributed by atoms with E-state index in [2.05, 4.69) is 33.4 Å². The number of thiazole rings is 1. The molecule has 0 unspecified atom stereocenters.